The van der Waals surface area contributed by atoms with Crippen molar-refractivity contribution in [3.63, 3.8) is 0 Å². The molecular formula is C15H21N. The summed E-state index contributed by atoms with van der Waals surface area (Å²) in [6, 6.07) is 6.87. The average Bonchev–Trinajstić information content (AvgIpc) is 2.55. The number of hydrogen-bond acceptors (Lipinski definition) is 1. The molecule has 1 atom stereocenters. The maximum atomic E-state index is 3.50. The average molecular weight is 215 g/mol. The Balaban J connectivity index is 2.13. The summed E-state index contributed by atoms with van der Waals surface area (Å²) in [5.41, 5.74) is 5.35. The molecule has 0 aromatic heterocycles. The van der Waals surface area contributed by atoms with Gasteiger partial charge >= 0.3 is 0 Å². The minimum absolute atomic E-state index is 0.505. The van der Waals surface area contributed by atoms with Gasteiger partial charge in [0.15, 0.2) is 0 Å². The summed E-state index contributed by atoms with van der Waals surface area (Å²) in [6.45, 7) is 7.08. The Labute approximate surface area is 98.3 Å². The van der Waals surface area contributed by atoms with Gasteiger partial charge in [0.05, 0.1) is 0 Å². The van der Waals surface area contributed by atoms with E-state index < -0.39 is 0 Å². The van der Waals surface area contributed by atoms with Gasteiger partial charge in [-0.15, -0.1) is 0 Å². The van der Waals surface area contributed by atoms with Crippen LogP contribution in [0.2, 0.25) is 0 Å². The lowest BCUT2D eigenvalue weighted by Crippen LogP contribution is -2.38. The van der Waals surface area contributed by atoms with Gasteiger partial charge in [-0.25, -0.2) is 0 Å². The highest BCUT2D eigenvalue weighted by Gasteiger charge is 2.43. The summed E-state index contributed by atoms with van der Waals surface area (Å²) >= 11 is 0. The smallest absolute Gasteiger partial charge is 0.00117 e. The van der Waals surface area contributed by atoms with Crippen molar-refractivity contribution in [1.29, 1.82) is 0 Å². The summed E-state index contributed by atoms with van der Waals surface area (Å²) in [5, 5.41) is 3.50. The lowest BCUT2D eigenvalue weighted by atomic mass is 9.72. The molecule has 1 saturated heterocycles. The van der Waals surface area contributed by atoms with Crippen LogP contribution >= 0.6 is 0 Å². The molecule has 1 aromatic carbocycles. The van der Waals surface area contributed by atoms with E-state index in [2.05, 4.69) is 37.4 Å². The molecule has 86 valence electrons. The van der Waals surface area contributed by atoms with E-state index in [0.29, 0.717) is 5.41 Å². The number of fused-ring (bicyclic) bond motifs is 2. The SMILES string of the molecule is Cc1cccc2c1C1(CCNCC1)CC2C. The summed E-state index contributed by atoms with van der Waals surface area (Å²) in [4.78, 5) is 0. The lowest BCUT2D eigenvalue weighted by molar-refractivity contribution is 0.296. The fourth-order valence-corrected chi connectivity index (χ4v) is 3.98. The van der Waals surface area contributed by atoms with Crippen LogP contribution in [0.15, 0.2) is 18.2 Å². The molecule has 2 aliphatic rings. The third-order valence-electron chi connectivity index (χ3n) is 4.62. The van der Waals surface area contributed by atoms with Crippen molar-refractivity contribution in [2.75, 3.05) is 13.1 Å². The zero-order chi connectivity index (χ0) is 11.2. The molecule has 0 amide bonds. The Morgan fingerprint density at radius 3 is 2.75 bits per heavy atom. The lowest BCUT2D eigenvalue weighted by Gasteiger charge is -2.36. The quantitative estimate of drug-likeness (QED) is 0.701. The maximum absolute atomic E-state index is 3.50. The fourth-order valence-electron chi connectivity index (χ4n) is 3.98. The van der Waals surface area contributed by atoms with Gasteiger partial charge in [-0.2, -0.15) is 0 Å². The van der Waals surface area contributed by atoms with Gasteiger partial charge in [0.25, 0.3) is 0 Å². The second-order valence-corrected chi connectivity index (χ2v) is 5.67. The largest absolute Gasteiger partial charge is 0.317 e. The van der Waals surface area contributed by atoms with E-state index in [9.17, 15) is 0 Å². The van der Waals surface area contributed by atoms with Crippen LogP contribution in [-0.4, -0.2) is 13.1 Å². The number of piperidine rings is 1. The first kappa shape index (κ1) is 10.3. The van der Waals surface area contributed by atoms with Crippen molar-refractivity contribution in [2.45, 2.75) is 44.4 Å². The minimum atomic E-state index is 0.505. The van der Waals surface area contributed by atoms with E-state index in [1.165, 1.54) is 37.9 Å². The first-order chi connectivity index (χ1) is 7.73. The molecule has 1 heterocycles. The Kier molecular flexibility index (Phi) is 2.32. The van der Waals surface area contributed by atoms with Gasteiger partial charge in [0.1, 0.15) is 0 Å². The topological polar surface area (TPSA) is 12.0 Å². The Morgan fingerprint density at radius 2 is 2.00 bits per heavy atom. The van der Waals surface area contributed by atoms with Crippen LogP contribution in [0.5, 0.6) is 0 Å². The van der Waals surface area contributed by atoms with Gasteiger partial charge < -0.3 is 5.32 Å². The van der Waals surface area contributed by atoms with Crippen molar-refractivity contribution in [3.8, 4) is 0 Å². The van der Waals surface area contributed by atoms with Gasteiger partial charge in [-0.3, -0.25) is 0 Å². The van der Waals surface area contributed by atoms with Crippen LogP contribution in [0.1, 0.15) is 48.8 Å². The predicted molar refractivity (Wildman–Crippen MR) is 68.0 cm³/mol. The highest BCUT2D eigenvalue weighted by Crippen LogP contribution is 2.51. The van der Waals surface area contributed by atoms with E-state index in [4.69, 9.17) is 0 Å². The van der Waals surface area contributed by atoms with Gasteiger partial charge in [-0.1, -0.05) is 25.1 Å². The Morgan fingerprint density at radius 1 is 1.25 bits per heavy atom. The zero-order valence-corrected chi connectivity index (χ0v) is 10.3. The molecule has 0 saturated carbocycles. The Bertz CT molecular complexity index is 402. The molecule has 1 heteroatoms. The molecule has 1 N–H and O–H groups in total. The monoisotopic (exact) mass is 215 g/mol. The van der Waals surface area contributed by atoms with E-state index in [0.717, 1.165) is 5.92 Å². The molecule has 1 fully saturated rings. The molecule has 1 aliphatic carbocycles. The normalized spacial score (nSPS) is 27.0. The Hall–Kier alpha value is -0.820. The van der Waals surface area contributed by atoms with Gasteiger partial charge in [0.2, 0.25) is 0 Å². The molecule has 1 aliphatic heterocycles. The molecule has 3 rings (SSSR count). The summed E-state index contributed by atoms with van der Waals surface area (Å²) in [6.07, 6.45) is 4.03. The summed E-state index contributed by atoms with van der Waals surface area (Å²) < 4.78 is 0. The molecule has 1 aromatic rings. The molecule has 1 nitrogen and oxygen atoms in total. The molecule has 0 radical (unpaired) electrons. The number of benzene rings is 1. The first-order valence-electron chi connectivity index (χ1n) is 6.54. The molecular weight excluding hydrogens is 194 g/mol. The third kappa shape index (κ3) is 1.34. The number of aryl methyl sites for hydroxylation is 1. The van der Waals surface area contributed by atoms with E-state index in [-0.39, 0.29) is 0 Å². The minimum Gasteiger partial charge on any atom is -0.317 e. The number of rotatable bonds is 0. The van der Waals surface area contributed by atoms with Crippen molar-refractivity contribution < 1.29 is 0 Å². The van der Waals surface area contributed by atoms with Crippen molar-refractivity contribution in [3.05, 3.63) is 34.9 Å². The van der Waals surface area contributed by atoms with E-state index in [1.54, 1.807) is 11.1 Å². The van der Waals surface area contributed by atoms with Crippen LogP contribution in [-0.2, 0) is 5.41 Å². The second kappa shape index (κ2) is 3.59. The van der Waals surface area contributed by atoms with Crippen LogP contribution in [0.3, 0.4) is 0 Å². The predicted octanol–water partition coefficient (Wildman–Crippen LogP) is 3.12. The highest BCUT2D eigenvalue weighted by molar-refractivity contribution is 5.47. The second-order valence-electron chi connectivity index (χ2n) is 5.67. The van der Waals surface area contributed by atoms with Crippen LogP contribution in [0, 0.1) is 6.92 Å². The van der Waals surface area contributed by atoms with Gasteiger partial charge in [0, 0.05) is 0 Å². The summed E-state index contributed by atoms with van der Waals surface area (Å²) in [7, 11) is 0. The van der Waals surface area contributed by atoms with Crippen LogP contribution in [0.4, 0.5) is 0 Å². The standard InChI is InChI=1S/C15H21N/c1-11-4-3-5-13-12(2)10-15(14(11)13)6-8-16-9-7-15/h3-5,12,16H,6-10H2,1-2H3. The molecule has 1 spiro atoms. The molecule has 1 unspecified atom stereocenters. The van der Waals surface area contributed by atoms with Crippen LogP contribution in [0.25, 0.3) is 0 Å². The third-order valence-corrected chi connectivity index (χ3v) is 4.62. The summed E-state index contributed by atoms with van der Waals surface area (Å²) in [5.74, 6) is 0.757. The van der Waals surface area contributed by atoms with Gasteiger partial charge in [-0.05, 0) is 67.3 Å². The van der Waals surface area contributed by atoms with E-state index in [1.807, 2.05) is 0 Å². The van der Waals surface area contributed by atoms with E-state index >= 15 is 0 Å². The van der Waals surface area contributed by atoms with Crippen molar-refractivity contribution in [1.82, 2.24) is 5.32 Å². The van der Waals surface area contributed by atoms with Crippen molar-refractivity contribution in [2.24, 2.45) is 0 Å². The molecule has 16 heavy (non-hydrogen) atoms. The fraction of sp³-hybridized carbons (Fsp3) is 0.600. The zero-order valence-electron chi connectivity index (χ0n) is 10.3. The van der Waals surface area contributed by atoms with Crippen molar-refractivity contribution >= 4 is 0 Å². The van der Waals surface area contributed by atoms with Crippen LogP contribution < -0.4 is 5.32 Å². The highest BCUT2D eigenvalue weighted by atomic mass is 14.9. The number of hydrogen-bond donors (Lipinski definition) is 1. The first-order valence-corrected chi connectivity index (χ1v) is 6.54. The molecule has 0 bridgehead atoms. The number of nitrogens with one attached hydrogen (secondary N) is 1. The maximum Gasteiger partial charge on any atom is -0.00117 e.